The van der Waals surface area contributed by atoms with E-state index < -0.39 is 0 Å². The van der Waals surface area contributed by atoms with Gasteiger partial charge in [0.25, 0.3) is 0 Å². The molecule has 1 saturated heterocycles. The van der Waals surface area contributed by atoms with Crippen LogP contribution in [0.4, 0.5) is 0 Å². The van der Waals surface area contributed by atoms with Crippen molar-refractivity contribution >= 4 is 0 Å². The summed E-state index contributed by atoms with van der Waals surface area (Å²) in [5.41, 5.74) is 1.74. The molecule has 4 heteroatoms. The van der Waals surface area contributed by atoms with E-state index in [1.54, 1.807) is 13.2 Å². The predicted octanol–water partition coefficient (Wildman–Crippen LogP) is 1.75. The normalized spacial score (nSPS) is 17.1. The molecule has 19 heavy (non-hydrogen) atoms. The zero-order valence-electron chi connectivity index (χ0n) is 11.6. The van der Waals surface area contributed by atoms with Crippen LogP contribution in [0.25, 0.3) is 0 Å². The van der Waals surface area contributed by atoms with Gasteiger partial charge in [0.1, 0.15) is 5.75 Å². The first-order valence-electron chi connectivity index (χ1n) is 6.72. The van der Waals surface area contributed by atoms with E-state index in [9.17, 15) is 0 Å². The molecule has 4 nitrogen and oxygen atoms in total. The molecule has 102 valence electrons. The molecule has 1 fully saturated rings. The van der Waals surface area contributed by atoms with Gasteiger partial charge < -0.3 is 15.0 Å². The largest absolute Gasteiger partial charge is 0.496 e. The molecule has 1 aliphatic heterocycles. The van der Waals surface area contributed by atoms with Gasteiger partial charge in [0.05, 0.1) is 18.7 Å². The number of rotatable bonds is 4. The fourth-order valence-corrected chi connectivity index (χ4v) is 2.45. The van der Waals surface area contributed by atoms with Crippen molar-refractivity contribution in [1.29, 1.82) is 5.26 Å². The van der Waals surface area contributed by atoms with E-state index in [4.69, 9.17) is 10.00 Å². The van der Waals surface area contributed by atoms with Crippen molar-refractivity contribution in [3.05, 3.63) is 29.3 Å². The summed E-state index contributed by atoms with van der Waals surface area (Å²) >= 11 is 0. The third kappa shape index (κ3) is 3.69. The Morgan fingerprint density at radius 3 is 2.79 bits per heavy atom. The summed E-state index contributed by atoms with van der Waals surface area (Å²) in [4.78, 5) is 2.36. The van der Waals surface area contributed by atoms with E-state index in [0.29, 0.717) is 11.6 Å². The molecule has 0 radical (unpaired) electrons. The highest BCUT2D eigenvalue weighted by Crippen LogP contribution is 2.20. The number of benzene rings is 1. The molecule has 0 spiro atoms. The van der Waals surface area contributed by atoms with E-state index in [0.717, 1.165) is 30.9 Å². The first kappa shape index (κ1) is 13.9. The van der Waals surface area contributed by atoms with Crippen LogP contribution in [-0.4, -0.2) is 38.2 Å². The lowest BCUT2D eigenvalue weighted by Crippen LogP contribution is -2.40. The predicted molar refractivity (Wildman–Crippen MR) is 75.1 cm³/mol. The lowest BCUT2D eigenvalue weighted by atomic mass is 10.0. The van der Waals surface area contributed by atoms with Crippen LogP contribution in [-0.2, 0) is 6.54 Å². The highest BCUT2D eigenvalue weighted by molar-refractivity contribution is 5.42. The van der Waals surface area contributed by atoms with Crippen molar-refractivity contribution in [1.82, 2.24) is 10.2 Å². The molecule has 0 atom stereocenters. The van der Waals surface area contributed by atoms with E-state index in [2.05, 4.69) is 23.3 Å². The van der Waals surface area contributed by atoms with Gasteiger partial charge in [0.15, 0.2) is 0 Å². The summed E-state index contributed by atoms with van der Waals surface area (Å²) in [5, 5.41) is 12.5. The second kappa shape index (κ2) is 6.55. The second-order valence-electron chi connectivity index (χ2n) is 5.10. The molecule has 0 aliphatic carbocycles. The number of nitrogens with zero attached hydrogens (tertiary/aromatic N) is 2. The first-order chi connectivity index (χ1) is 9.22. The van der Waals surface area contributed by atoms with E-state index in [1.807, 2.05) is 12.1 Å². The van der Waals surface area contributed by atoms with Crippen molar-refractivity contribution in [2.45, 2.75) is 25.4 Å². The molecule has 1 aromatic carbocycles. The van der Waals surface area contributed by atoms with Crippen LogP contribution in [0, 0.1) is 11.3 Å². The molecule has 1 aromatic rings. The van der Waals surface area contributed by atoms with Gasteiger partial charge in [0, 0.05) is 18.2 Å². The van der Waals surface area contributed by atoms with E-state index in [1.165, 1.54) is 12.8 Å². The van der Waals surface area contributed by atoms with Gasteiger partial charge >= 0.3 is 0 Å². The molecule has 0 aromatic heterocycles. The quantitative estimate of drug-likeness (QED) is 0.895. The maximum absolute atomic E-state index is 8.95. The zero-order valence-corrected chi connectivity index (χ0v) is 11.6. The molecule has 0 unspecified atom stereocenters. The summed E-state index contributed by atoms with van der Waals surface area (Å²) in [6.07, 6.45) is 2.35. The lowest BCUT2D eigenvalue weighted by Gasteiger charge is -2.29. The third-order valence-electron chi connectivity index (χ3n) is 3.71. The Hall–Kier alpha value is -1.57. The Morgan fingerprint density at radius 2 is 2.16 bits per heavy atom. The summed E-state index contributed by atoms with van der Waals surface area (Å²) in [7, 11) is 3.83. The number of nitriles is 1. The minimum atomic E-state index is 0.562. The summed E-state index contributed by atoms with van der Waals surface area (Å²) in [6.45, 7) is 3.05. The maximum Gasteiger partial charge on any atom is 0.123 e. The highest BCUT2D eigenvalue weighted by Gasteiger charge is 2.16. The molecule has 0 saturated carbocycles. The molecule has 0 bridgehead atoms. The van der Waals surface area contributed by atoms with Crippen molar-refractivity contribution < 1.29 is 4.74 Å². The summed E-state index contributed by atoms with van der Waals surface area (Å²) < 4.78 is 5.34. The van der Waals surface area contributed by atoms with Gasteiger partial charge in [-0.05, 0) is 51.2 Å². The Labute approximate surface area is 115 Å². The van der Waals surface area contributed by atoms with Crippen molar-refractivity contribution in [3.8, 4) is 11.8 Å². The zero-order chi connectivity index (χ0) is 13.7. The third-order valence-corrected chi connectivity index (χ3v) is 3.71. The average molecular weight is 259 g/mol. The number of ether oxygens (including phenoxy) is 1. The molecule has 2 rings (SSSR count). The smallest absolute Gasteiger partial charge is 0.123 e. The highest BCUT2D eigenvalue weighted by atomic mass is 16.5. The SMILES string of the molecule is COc1ccc(C#N)cc1CNC1CCN(C)CC1. The fourth-order valence-electron chi connectivity index (χ4n) is 2.45. The Kier molecular flexibility index (Phi) is 4.78. The van der Waals surface area contributed by atoms with Crippen LogP contribution < -0.4 is 10.1 Å². The van der Waals surface area contributed by atoms with Crippen LogP contribution in [0.3, 0.4) is 0 Å². The van der Waals surface area contributed by atoms with Gasteiger partial charge in [-0.1, -0.05) is 0 Å². The van der Waals surface area contributed by atoms with Crippen molar-refractivity contribution in [3.63, 3.8) is 0 Å². The van der Waals surface area contributed by atoms with Crippen LogP contribution in [0.5, 0.6) is 5.75 Å². The number of hydrogen-bond donors (Lipinski definition) is 1. The monoisotopic (exact) mass is 259 g/mol. The molecular weight excluding hydrogens is 238 g/mol. The average Bonchev–Trinajstić information content (AvgIpc) is 2.46. The molecule has 1 aliphatic rings. The minimum Gasteiger partial charge on any atom is -0.496 e. The first-order valence-corrected chi connectivity index (χ1v) is 6.72. The fraction of sp³-hybridized carbons (Fsp3) is 0.533. The minimum absolute atomic E-state index is 0.562. The summed E-state index contributed by atoms with van der Waals surface area (Å²) in [5.74, 6) is 0.847. The maximum atomic E-state index is 8.95. The van der Waals surface area contributed by atoms with Gasteiger partial charge in [-0.25, -0.2) is 0 Å². The molecule has 1 N–H and O–H groups in total. The molecule has 0 amide bonds. The van der Waals surface area contributed by atoms with Crippen molar-refractivity contribution in [2.75, 3.05) is 27.2 Å². The number of methoxy groups -OCH3 is 1. The topological polar surface area (TPSA) is 48.3 Å². The molecular formula is C15H21N3O. The van der Waals surface area contributed by atoms with Gasteiger partial charge in [-0.15, -0.1) is 0 Å². The van der Waals surface area contributed by atoms with Crippen LogP contribution in [0.2, 0.25) is 0 Å². The van der Waals surface area contributed by atoms with Crippen LogP contribution in [0.1, 0.15) is 24.0 Å². The van der Waals surface area contributed by atoms with Gasteiger partial charge in [0.2, 0.25) is 0 Å². The van der Waals surface area contributed by atoms with Gasteiger partial charge in [-0.3, -0.25) is 0 Å². The Morgan fingerprint density at radius 1 is 1.42 bits per heavy atom. The van der Waals surface area contributed by atoms with E-state index >= 15 is 0 Å². The molecule has 1 heterocycles. The standard InChI is InChI=1S/C15H21N3O/c1-18-7-5-14(6-8-18)17-11-13-9-12(10-16)3-4-15(13)19-2/h3-4,9,14,17H,5-8,11H2,1-2H3. The lowest BCUT2D eigenvalue weighted by molar-refractivity contribution is 0.233. The number of nitrogens with one attached hydrogen (secondary N) is 1. The van der Waals surface area contributed by atoms with Crippen molar-refractivity contribution in [2.24, 2.45) is 0 Å². The Balaban J connectivity index is 1.96. The van der Waals surface area contributed by atoms with Crippen LogP contribution >= 0.6 is 0 Å². The second-order valence-corrected chi connectivity index (χ2v) is 5.10. The van der Waals surface area contributed by atoms with Crippen LogP contribution in [0.15, 0.2) is 18.2 Å². The number of likely N-dealkylation sites (tertiary alicyclic amines) is 1. The summed E-state index contributed by atoms with van der Waals surface area (Å²) in [6, 6.07) is 8.29. The van der Waals surface area contributed by atoms with E-state index in [-0.39, 0.29) is 0 Å². The number of piperidine rings is 1. The number of hydrogen-bond acceptors (Lipinski definition) is 4. The van der Waals surface area contributed by atoms with Gasteiger partial charge in [-0.2, -0.15) is 5.26 Å². The Bertz CT molecular complexity index is 459.